The number of methoxy groups -OCH3 is 1. The molecule has 1 unspecified atom stereocenters. The molecule has 0 aromatic carbocycles. The van der Waals surface area contributed by atoms with Gasteiger partial charge in [0, 0.05) is 12.8 Å². The molecule has 1 aliphatic rings. The topological polar surface area (TPSA) is 104 Å². The summed E-state index contributed by atoms with van der Waals surface area (Å²) in [5.74, 6) is -2.51. The Bertz CT molecular complexity index is 678. The molecular weight excluding hydrogens is 508 g/mol. The van der Waals surface area contributed by atoms with E-state index in [2.05, 4.69) is 0 Å². The first-order valence-corrected chi connectivity index (χ1v) is 7.09. The number of hydrogen-bond donors (Lipinski definition) is 1. The molecule has 1 N–H and O–H groups in total. The Hall–Kier alpha value is -1.71. The Balaban J connectivity index is 0.00000288. The Labute approximate surface area is 159 Å². The molecule has 25 heavy (non-hydrogen) atoms. The summed E-state index contributed by atoms with van der Waals surface area (Å²) in [7, 11) is 1.20. The molecule has 2 heterocycles. The van der Waals surface area contributed by atoms with Gasteiger partial charge < -0.3 is 31.3 Å². The van der Waals surface area contributed by atoms with Crippen LogP contribution in [0.1, 0.15) is 47.2 Å². The molecule has 0 saturated carbocycles. The fraction of sp³-hybridized carbons (Fsp3) is 0.438. The molecule has 0 spiro atoms. The number of pyridine rings is 1. The van der Waals surface area contributed by atoms with E-state index in [1.54, 1.807) is 13.8 Å². The Morgan fingerprint density at radius 2 is 2.08 bits per heavy atom. The Kier molecular flexibility index (Phi) is 9.02. The number of carbonyl (C=O) groups is 2. The molecule has 140 valence electrons. The van der Waals surface area contributed by atoms with E-state index in [0.29, 0.717) is 13.0 Å². The van der Waals surface area contributed by atoms with Gasteiger partial charge in [0.2, 0.25) is 5.43 Å². The maximum absolute atomic E-state index is 12.4. The molecular formula is C16H21NO7Os. The monoisotopic (exact) mass is 531 g/mol. The van der Waals surface area contributed by atoms with Crippen LogP contribution in [0.3, 0.4) is 0 Å². The van der Waals surface area contributed by atoms with E-state index >= 15 is 0 Å². The van der Waals surface area contributed by atoms with Crippen molar-refractivity contribution in [2.24, 2.45) is 0 Å². The maximum atomic E-state index is 12.4. The maximum Gasteiger partial charge on any atom is 2.00 e. The summed E-state index contributed by atoms with van der Waals surface area (Å²) in [6.07, 6.45) is 1.26. The van der Waals surface area contributed by atoms with Crippen molar-refractivity contribution in [1.82, 2.24) is 4.57 Å². The van der Waals surface area contributed by atoms with Crippen LogP contribution in [0.15, 0.2) is 11.0 Å². The van der Waals surface area contributed by atoms with Crippen LogP contribution in [0.4, 0.5) is 0 Å². The van der Waals surface area contributed by atoms with Gasteiger partial charge in [0.05, 0.1) is 13.2 Å². The zero-order valence-electron chi connectivity index (χ0n) is 14.4. The second-order valence-corrected chi connectivity index (χ2v) is 5.28. The van der Waals surface area contributed by atoms with Crippen LogP contribution in [0.2, 0.25) is 0 Å². The van der Waals surface area contributed by atoms with Gasteiger partial charge in [-0.25, -0.2) is 9.59 Å². The third kappa shape index (κ3) is 4.89. The molecule has 8 nitrogen and oxygen atoms in total. The van der Waals surface area contributed by atoms with E-state index in [1.165, 1.54) is 18.3 Å². The summed E-state index contributed by atoms with van der Waals surface area (Å²) in [6, 6.07) is -0.391. The number of hydrogen-bond acceptors (Lipinski definition) is 6. The number of aromatic carboxylic acids is 1. The first kappa shape index (κ1) is 23.3. The molecule has 0 amide bonds. The summed E-state index contributed by atoms with van der Waals surface area (Å²) >= 11 is 0. The molecule has 1 aliphatic heterocycles. The summed E-state index contributed by atoms with van der Waals surface area (Å²) in [5, 5.41) is 9.20. The number of carboxylic acid groups (broad SMARTS) is 1. The van der Waals surface area contributed by atoms with E-state index in [-0.39, 0.29) is 38.7 Å². The van der Waals surface area contributed by atoms with Gasteiger partial charge in [0.15, 0.2) is 11.4 Å². The van der Waals surface area contributed by atoms with Gasteiger partial charge in [-0.3, -0.25) is 4.79 Å². The minimum Gasteiger partial charge on any atom is -0.550 e. The smallest absolute Gasteiger partial charge is 0.550 e. The number of carbonyl (C=O) groups excluding carboxylic acids is 1. The molecule has 1 fully saturated rings. The third-order valence-electron chi connectivity index (χ3n) is 3.31. The molecule has 1 atom stereocenters. The van der Waals surface area contributed by atoms with Gasteiger partial charge in [-0.15, -0.1) is 0 Å². The van der Waals surface area contributed by atoms with Gasteiger partial charge >= 0.3 is 31.7 Å². The molecule has 1 saturated heterocycles. The quantitative estimate of drug-likeness (QED) is 0.457. The number of ether oxygens (including phenoxy) is 3. The largest absolute Gasteiger partial charge is 2.00 e. The van der Waals surface area contributed by atoms with Gasteiger partial charge in [-0.2, -0.15) is 6.61 Å². The predicted molar refractivity (Wildman–Crippen MR) is 85.1 cm³/mol. The van der Waals surface area contributed by atoms with Gasteiger partial charge in [-0.1, -0.05) is 6.04 Å². The predicted octanol–water partition coefficient (Wildman–Crippen LogP) is 1.69. The van der Waals surface area contributed by atoms with Crippen molar-refractivity contribution in [3.8, 4) is 5.75 Å². The number of rotatable bonds is 5. The van der Waals surface area contributed by atoms with Crippen molar-refractivity contribution in [2.75, 3.05) is 13.7 Å². The Morgan fingerprint density at radius 3 is 2.52 bits per heavy atom. The number of nitrogens with zero attached hydrogens (tertiary/aromatic N) is 1. The average Bonchev–Trinajstić information content (AvgIpc) is 2.99. The van der Waals surface area contributed by atoms with Gasteiger partial charge in [0.1, 0.15) is 5.56 Å². The molecule has 0 bridgehead atoms. The van der Waals surface area contributed by atoms with Crippen molar-refractivity contribution in [3.63, 3.8) is 0 Å². The molecule has 2 rings (SSSR count). The minimum absolute atomic E-state index is 0. The van der Waals surface area contributed by atoms with Crippen molar-refractivity contribution in [2.45, 2.75) is 32.4 Å². The van der Waals surface area contributed by atoms with Crippen molar-refractivity contribution in [1.29, 1.82) is 0 Å². The Morgan fingerprint density at radius 1 is 1.44 bits per heavy atom. The van der Waals surface area contributed by atoms with Crippen LogP contribution < -0.4 is 10.2 Å². The van der Waals surface area contributed by atoms with Gasteiger partial charge in [-0.05, 0) is 20.3 Å². The number of aromatic nitrogens is 1. The van der Waals surface area contributed by atoms with Crippen LogP contribution in [0.5, 0.6) is 5.75 Å². The summed E-state index contributed by atoms with van der Waals surface area (Å²) in [5.41, 5.74) is -1.47. The van der Waals surface area contributed by atoms with Crippen LogP contribution in [-0.4, -0.2) is 41.4 Å². The molecule has 9 heteroatoms. The van der Waals surface area contributed by atoms with Crippen LogP contribution in [0.25, 0.3) is 0 Å². The summed E-state index contributed by atoms with van der Waals surface area (Å²) < 4.78 is 16.7. The standard InChI is InChI=1S/C15H18NO7.CH3.Os/c1-8(2)23-15(20)11-13(21-3)12(17)10(14(18)19)6-16(11)9-4-5-22-7-9;;/h6-9H,4-5H2,1-3H3,(H,18,19);1H3;/q2*-1;+2. The molecule has 1 aromatic rings. The van der Waals surface area contributed by atoms with Crippen molar-refractivity contribution >= 4 is 11.9 Å². The third-order valence-corrected chi connectivity index (χ3v) is 3.31. The van der Waals surface area contributed by atoms with E-state index < -0.39 is 35.1 Å². The molecule has 0 radical (unpaired) electrons. The molecule has 1 aromatic heterocycles. The zero-order chi connectivity index (χ0) is 17.1. The van der Waals surface area contributed by atoms with Gasteiger partial charge in [0.25, 0.3) is 0 Å². The fourth-order valence-corrected chi connectivity index (χ4v) is 2.32. The SMILES string of the molecule is COc1c(C(=O)OC(C)C)n(C2[CH-]OCC2)cc(C(=O)O)c1=O.[CH3-].[Os+2]. The number of carboxylic acids is 1. The van der Waals surface area contributed by atoms with Crippen molar-refractivity contribution in [3.05, 3.63) is 41.7 Å². The van der Waals surface area contributed by atoms with Crippen LogP contribution in [-0.2, 0) is 29.3 Å². The second-order valence-electron chi connectivity index (χ2n) is 5.28. The second kappa shape index (κ2) is 9.69. The average molecular weight is 530 g/mol. The minimum atomic E-state index is -1.40. The molecule has 0 aliphatic carbocycles. The number of esters is 1. The van der Waals surface area contributed by atoms with E-state index in [9.17, 15) is 19.5 Å². The van der Waals surface area contributed by atoms with E-state index in [1.807, 2.05) is 0 Å². The first-order chi connectivity index (χ1) is 10.9. The summed E-state index contributed by atoms with van der Waals surface area (Å²) in [6.45, 7) is 5.26. The van der Waals surface area contributed by atoms with Crippen molar-refractivity contribution < 1.29 is 48.7 Å². The van der Waals surface area contributed by atoms with Crippen LogP contribution in [0, 0.1) is 14.0 Å². The first-order valence-electron chi connectivity index (χ1n) is 7.09. The fourth-order valence-electron chi connectivity index (χ4n) is 2.32. The summed E-state index contributed by atoms with van der Waals surface area (Å²) in [4.78, 5) is 35.9. The van der Waals surface area contributed by atoms with E-state index in [0.717, 1.165) is 6.20 Å². The van der Waals surface area contributed by atoms with E-state index in [4.69, 9.17) is 14.2 Å². The van der Waals surface area contributed by atoms with Crippen LogP contribution >= 0.6 is 0 Å². The normalized spacial score (nSPS) is 15.9. The zero-order valence-corrected chi connectivity index (χ0v) is 17.0.